The van der Waals surface area contributed by atoms with Crippen molar-refractivity contribution >= 4 is 11.6 Å². The highest BCUT2D eigenvalue weighted by atomic mass is 16.5. The first-order valence-corrected chi connectivity index (χ1v) is 8.20. The zero-order chi connectivity index (χ0) is 16.9. The Hall–Kier alpha value is -2.47. The summed E-state index contributed by atoms with van der Waals surface area (Å²) in [6.07, 6.45) is 5.01. The molecule has 1 aliphatic rings. The summed E-state index contributed by atoms with van der Waals surface area (Å²) in [5.74, 6) is 1.15. The molecule has 126 valence electrons. The van der Waals surface area contributed by atoms with E-state index in [0.29, 0.717) is 22.7 Å². The van der Waals surface area contributed by atoms with Gasteiger partial charge in [0.25, 0.3) is 5.91 Å². The molecule has 6 heteroatoms. The second-order valence-electron chi connectivity index (χ2n) is 5.88. The van der Waals surface area contributed by atoms with E-state index < -0.39 is 0 Å². The van der Waals surface area contributed by atoms with Gasteiger partial charge in [-0.2, -0.15) is 0 Å². The normalized spacial score (nSPS) is 17.3. The minimum atomic E-state index is -0.236. The first kappa shape index (κ1) is 16.4. The highest BCUT2D eigenvalue weighted by Gasteiger charge is 2.20. The Morgan fingerprint density at radius 1 is 1.33 bits per heavy atom. The number of carbonyl (C=O) groups is 1. The van der Waals surface area contributed by atoms with Gasteiger partial charge < -0.3 is 15.4 Å². The minimum absolute atomic E-state index is 0.184. The number of rotatable bonds is 4. The largest absolute Gasteiger partial charge is 0.495 e. The van der Waals surface area contributed by atoms with Crippen LogP contribution in [0, 0.1) is 6.92 Å². The second kappa shape index (κ2) is 7.40. The van der Waals surface area contributed by atoms with Crippen molar-refractivity contribution < 1.29 is 9.53 Å². The Kier molecular flexibility index (Phi) is 5.05. The molecule has 1 saturated heterocycles. The molecule has 0 aliphatic carbocycles. The number of ether oxygens (including phenoxy) is 1. The number of hydrogen-bond acceptors (Lipinski definition) is 5. The molecule has 6 nitrogen and oxygen atoms in total. The quantitative estimate of drug-likeness (QED) is 0.903. The van der Waals surface area contributed by atoms with Crippen molar-refractivity contribution in [3.05, 3.63) is 47.5 Å². The van der Waals surface area contributed by atoms with Gasteiger partial charge in [-0.05, 0) is 38.4 Å². The van der Waals surface area contributed by atoms with Crippen LogP contribution in [0.2, 0.25) is 0 Å². The van der Waals surface area contributed by atoms with Crippen molar-refractivity contribution in [3.8, 4) is 5.75 Å². The number of piperidine rings is 1. The molecule has 1 atom stereocenters. The lowest BCUT2D eigenvalue weighted by molar-refractivity contribution is 0.102. The molecule has 3 rings (SSSR count). The number of amides is 1. The van der Waals surface area contributed by atoms with Gasteiger partial charge in [0.15, 0.2) is 0 Å². The number of carbonyl (C=O) groups excluding carboxylic acids is 1. The number of methoxy groups -OCH3 is 1. The molecule has 1 aliphatic heterocycles. The highest BCUT2D eigenvalue weighted by molar-refractivity contribution is 6.05. The van der Waals surface area contributed by atoms with Gasteiger partial charge in [-0.25, -0.2) is 9.97 Å². The molecule has 2 N–H and O–H groups in total. The highest BCUT2D eigenvalue weighted by Crippen LogP contribution is 2.24. The van der Waals surface area contributed by atoms with Gasteiger partial charge in [0, 0.05) is 6.20 Å². The topological polar surface area (TPSA) is 76.1 Å². The number of aromatic nitrogens is 2. The maximum absolute atomic E-state index is 12.5. The van der Waals surface area contributed by atoms with Crippen molar-refractivity contribution in [3.63, 3.8) is 0 Å². The Balaban J connectivity index is 1.77. The molecule has 1 amide bonds. The number of aryl methyl sites for hydroxylation is 1. The average molecular weight is 326 g/mol. The molecular weight excluding hydrogens is 304 g/mol. The summed E-state index contributed by atoms with van der Waals surface area (Å²) in [6, 6.07) is 7.49. The van der Waals surface area contributed by atoms with Crippen LogP contribution < -0.4 is 15.4 Å². The fourth-order valence-electron chi connectivity index (χ4n) is 2.89. The zero-order valence-corrected chi connectivity index (χ0v) is 14.0. The molecule has 2 heterocycles. The van der Waals surface area contributed by atoms with Gasteiger partial charge >= 0.3 is 0 Å². The van der Waals surface area contributed by atoms with Crippen LogP contribution in [-0.2, 0) is 0 Å². The van der Waals surface area contributed by atoms with Crippen molar-refractivity contribution in [2.75, 3.05) is 19.0 Å². The van der Waals surface area contributed by atoms with Crippen molar-refractivity contribution in [1.29, 1.82) is 0 Å². The number of hydrogen-bond donors (Lipinski definition) is 2. The van der Waals surface area contributed by atoms with Crippen LogP contribution in [0.5, 0.6) is 5.75 Å². The van der Waals surface area contributed by atoms with Crippen molar-refractivity contribution in [2.45, 2.75) is 32.2 Å². The number of nitrogens with one attached hydrogen (secondary N) is 2. The molecule has 2 aromatic rings. The predicted molar refractivity (Wildman–Crippen MR) is 92.3 cm³/mol. The van der Waals surface area contributed by atoms with E-state index in [4.69, 9.17) is 4.74 Å². The maximum Gasteiger partial charge on any atom is 0.259 e. The van der Waals surface area contributed by atoms with Crippen LogP contribution in [0.4, 0.5) is 5.69 Å². The minimum Gasteiger partial charge on any atom is -0.495 e. The standard InChI is InChI=1S/C18H22N4O2/c1-12-13(11-20-17(21-12)15-8-5-6-10-19-15)18(23)22-14-7-3-4-9-16(14)24-2/h3-4,7,9,11,15,19H,5-6,8,10H2,1-2H3,(H,22,23). The lowest BCUT2D eigenvalue weighted by Gasteiger charge is -2.22. The molecule has 1 aromatic carbocycles. The predicted octanol–water partition coefficient (Wildman–Crippen LogP) is 2.86. The van der Waals surface area contributed by atoms with Gasteiger partial charge in [-0.1, -0.05) is 18.6 Å². The number of anilines is 1. The monoisotopic (exact) mass is 326 g/mol. The molecule has 1 aromatic heterocycles. The van der Waals surface area contributed by atoms with Gasteiger partial charge in [-0.3, -0.25) is 4.79 Å². The van der Waals surface area contributed by atoms with Gasteiger partial charge in [0.05, 0.1) is 30.1 Å². The van der Waals surface area contributed by atoms with E-state index >= 15 is 0 Å². The third kappa shape index (κ3) is 3.54. The molecule has 0 bridgehead atoms. The van der Waals surface area contributed by atoms with Crippen LogP contribution in [0.1, 0.15) is 47.2 Å². The SMILES string of the molecule is COc1ccccc1NC(=O)c1cnc(C2CCCCN2)nc1C. The Bertz CT molecular complexity index is 727. The number of nitrogens with zero attached hydrogens (tertiary/aromatic N) is 2. The first-order valence-electron chi connectivity index (χ1n) is 8.20. The summed E-state index contributed by atoms with van der Waals surface area (Å²) in [6.45, 7) is 2.83. The van der Waals surface area contributed by atoms with Crippen LogP contribution in [-0.4, -0.2) is 29.5 Å². The summed E-state index contributed by atoms with van der Waals surface area (Å²) in [5.41, 5.74) is 1.78. The zero-order valence-electron chi connectivity index (χ0n) is 14.0. The van der Waals surface area contributed by atoms with Gasteiger partial charge in [-0.15, -0.1) is 0 Å². The number of para-hydroxylation sites is 2. The molecule has 1 unspecified atom stereocenters. The molecule has 24 heavy (non-hydrogen) atoms. The fraction of sp³-hybridized carbons (Fsp3) is 0.389. The van der Waals surface area contributed by atoms with E-state index in [1.165, 1.54) is 12.8 Å². The first-order chi connectivity index (χ1) is 11.7. The van der Waals surface area contributed by atoms with E-state index in [-0.39, 0.29) is 11.9 Å². The summed E-state index contributed by atoms with van der Waals surface area (Å²) in [5, 5.41) is 6.28. The van der Waals surface area contributed by atoms with E-state index in [0.717, 1.165) is 18.8 Å². The number of benzene rings is 1. The molecule has 0 radical (unpaired) electrons. The van der Waals surface area contributed by atoms with E-state index in [2.05, 4.69) is 20.6 Å². The Labute approximate surface area is 141 Å². The van der Waals surface area contributed by atoms with Crippen LogP contribution in [0.15, 0.2) is 30.5 Å². The fourth-order valence-corrected chi connectivity index (χ4v) is 2.89. The lowest BCUT2D eigenvalue weighted by Crippen LogP contribution is -2.29. The van der Waals surface area contributed by atoms with E-state index in [9.17, 15) is 4.79 Å². The summed E-state index contributed by atoms with van der Waals surface area (Å²) in [7, 11) is 1.57. The van der Waals surface area contributed by atoms with Gasteiger partial charge in [0.1, 0.15) is 11.6 Å². The Morgan fingerprint density at radius 2 is 2.17 bits per heavy atom. The van der Waals surface area contributed by atoms with Crippen LogP contribution in [0.3, 0.4) is 0 Å². The third-order valence-corrected chi connectivity index (χ3v) is 4.22. The smallest absolute Gasteiger partial charge is 0.259 e. The molecule has 0 saturated carbocycles. The summed E-state index contributed by atoms with van der Waals surface area (Å²) < 4.78 is 5.26. The lowest BCUT2D eigenvalue weighted by atomic mass is 10.0. The van der Waals surface area contributed by atoms with Crippen LogP contribution >= 0.6 is 0 Å². The maximum atomic E-state index is 12.5. The molecule has 1 fully saturated rings. The second-order valence-corrected chi connectivity index (χ2v) is 5.88. The van der Waals surface area contributed by atoms with Crippen LogP contribution in [0.25, 0.3) is 0 Å². The van der Waals surface area contributed by atoms with Crippen molar-refractivity contribution in [1.82, 2.24) is 15.3 Å². The molecular formula is C18H22N4O2. The summed E-state index contributed by atoms with van der Waals surface area (Å²) >= 11 is 0. The third-order valence-electron chi connectivity index (χ3n) is 4.22. The Morgan fingerprint density at radius 3 is 2.88 bits per heavy atom. The van der Waals surface area contributed by atoms with Crippen molar-refractivity contribution in [2.24, 2.45) is 0 Å². The summed E-state index contributed by atoms with van der Waals surface area (Å²) in [4.78, 5) is 21.5. The van der Waals surface area contributed by atoms with E-state index in [1.54, 1.807) is 25.4 Å². The van der Waals surface area contributed by atoms with Gasteiger partial charge in [0.2, 0.25) is 0 Å². The van der Waals surface area contributed by atoms with E-state index in [1.807, 2.05) is 19.1 Å². The average Bonchev–Trinajstić information content (AvgIpc) is 2.62. The molecule has 0 spiro atoms.